The van der Waals surface area contributed by atoms with E-state index in [1.54, 1.807) is 18.2 Å². The van der Waals surface area contributed by atoms with Crippen LogP contribution in [0.15, 0.2) is 34.9 Å². The lowest BCUT2D eigenvalue weighted by atomic mass is 10.2. The van der Waals surface area contributed by atoms with E-state index in [0.717, 1.165) is 5.56 Å². The van der Waals surface area contributed by atoms with E-state index in [9.17, 15) is 4.79 Å². The molecule has 0 spiro atoms. The minimum atomic E-state index is 0.0694. The summed E-state index contributed by atoms with van der Waals surface area (Å²) in [5.41, 5.74) is 0.804. The van der Waals surface area contributed by atoms with Crippen LogP contribution in [0.5, 0.6) is 0 Å². The van der Waals surface area contributed by atoms with Gasteiger partial charge in [0.2, 0.25) is 6.29 Å². The predicted molar refractivity (Wildman–Crippen MR) is 52.3 cm³/mol. The van der Waals surface area contributed by atoms with Crippen molar-refractivity contribution < 1.29 is 9.21 Å². The van der Waals surface area contributed by atoms with Crippen LogP contribution < -0.4 is 0 Å². The van der Waals surface area contributed by atoms with Crippen LogP contribution in [0.3, 0.4) is 0 Å². The molecular weight excluding hydrogens is 202 g/mol. The second kappa shape index (κ2) is 3.64. The standard InChI is InChI=1S/C10H6ClNO2/c11-8-3-1-2-7(4-8)9-5-12-10(6-13)14-9/h1-6H. The van der Waals surface area contributed by atoms with Gasteiger partial charge in [-0.1, -0.05) is 23.7 Å². The lowest BCUT2D eigenvalue weighted by Gasteiger charge is -1.95. The summed E-state index contributed by atoms with van der Waals surface area (Å²) in [6, 6.07) is 7.15. The Morgan fingerprint density at radius 1 is 1.43 bits per heavy atom. The Morgan fingerprint density at radius 2 is 2.29 bits per heavy atom. The summed E-state index contributed by atoms with van der Waals surface area (Å²) < 4.78 is 5.14. The average Bonchev–Trinajstić information content (AvgIpc) is 2.66. The van der Waals surface area contributed by atoms with E-state index in [1.807, 2.05) is 6.07 Å². The third-order valence-corrected chi connectivity index (χ3v) is 1.97. The number of carbonyl (C=O) groups excluding carboxylic acids is 1. The monoisotopic (exact) mass is 207 g/mol. The van der Waals surface area contributed by atoms with E-state index >= 15 is 0 Å². The fourth-order valence-corrected chi connectivity index (χ4v) is 1.31. The SMILES string of the molecule is O=Cc1ncc(-c2cccc(Cl)c2)o1. The molecule has 0 aliphatic rings. The zero-order valence-electron chi connectivity index (χ0n) is 7.11. The molecule has 2 rings (SSSR count). The summed E-state index contributed by atoms with van der Waals surface area (Å²) in [7, 11) is 0. The van der Waals surface area contributed by atoms with Gasteiger partial charge < -0.3 is 4.42 Å². The molecule has 0 bridgehead atoms. The first kappa shape index (κ1) is 8.97. The van der Waals surface area contributed by atoms with E-state index in [4.69, 9.17) is 16.0 Å². The summed E-state index contributed by atoms with van der Waals surface area (Å²) >= 11 is 5.80. The van der Waals surface area contributed by atoms with Crippen molar-refractivity contribution in [1.82, 2.24) is 4.98 Å². The molecule has 2 aromatic rings. The van der Waals surface area contributed by atoms with Gasteiger partial charge in [0.25, 0.3) is 5.89 Å². The van der Waals surface area contributed by atoms with E-state index < -0.39 is 0 Å². The number of aromatic nitrogens is 1. The summed E-state index contributed by atoms with van der Waals surface area (Å²) in [6.45, 7) is 0. The van der Waals surface area contributed by atoms with Crippen LogP contribution in [0.4, 0.5) is 0 Å². The molecule has 0 saturated heterocycles. The molecule has 0 amide bonds. The maximum Gasteiger partial charge on any atom is 0.260 e. The largest absolute Gasteiger partial charge is 0.434 e. The highest BCUT2D eigenvalue weighted by Gasteiger charge is 2.05. The number of hydrogen-bond acceptors (Lipinski definition) is 3. The Kier molecular flexibility index (Phi) is 2.33. The molecule has 1 aromatic carbocycles. The van der Waals surface area contributed by atoms with Gasteiger partial charge in [-0.15, -0.1) is 0 Å². The van der Waals surface area contributed by atoms with Gasteiger partial charge in [0.05, 0.1) is 6.20 Å². The molecule has 0 saturated carbocycles. The van der Waals surface area contributed by atoms with Gasteiger partial charge in [0.1, 0.15) is 0 Å². The summed E-state index contributed by atoms with van der Waals surface area (Å²) in [6.07, 6.45) is 2.06. The average molecular weight is 208 g/mol. The molecule has 0 aliphatic heterocycles. The highest BCUT2D eigenvalue weighted by Crippen LogP contribution is 2.22. The molecule has 0 fully saturated rings. The molecule has 1 heterocycles. The smallest absolute Gasteiger partial charge is 0.260 e. The molecule has 14 heavy (non-hydrogen) atoms. The van der Waals surface area contributed by atoms with Crippen LogP contribution in [0.1, 0.15) is 10.7 Å². The number of halogens is 1. The summed E-state index contributed by atoms with van der Waals surface area (Å²) in [5.74, 6) is 0.606. The van der Waals surface area contributed by atoms with Gasteiger partial charge in [-0.2, -0.15) is 0 Å². The Morgan fingerprint density at radius 3 is 2.93 bits per heavy atom. The van der Waals surface area contributed by atoms with Crippen molar-refractivity contribution in [3.8, 4) is 11.3 Å². The maximum atomic E-state index is 10.3. The van der Waals surface area contributed by atoms with Crippen molar-refractivity contribution in [2.75, 3.05) is 0 Å². The van der Waals surface area contributed by atoms with E-state index in [2.05, 4.69) is 4.98 Å². The molecule has 0 radical (unpaired) electrons. The van der Waals surface area contributed by atoms with Crippen LogP contribution in [0.25, 0.3) is 11.3 Å². The van der Waals surface area contributed by atoms with E-state index in [-0.39, 0.29) is 5.89 Å². The van der Waals surface area contributed by atoms with Gasteiger partial charge in [0.15, 0.2) is 5.76 Å². The van der Waals surface area contributed by atoms with Gasteiger partial charge in [0, 0.05) is 10.6 Å². The first-order chi connectivity index (χ1) is 6.79. The van der Waals surface area contributed by atoms with Crippen molar-refractivity contribution in [2.45, 2.75) is 0 Å². The van der Waals surface area contributed by atoms with Gasteiger partial charge in [-0.25, -0.2) is 4.98 Å². The Hall–Kier alpha value is -1.61. The second-order valence-electron chi connectivity index (χ2n) is 2.69. The highest BCUT2D eigenvalue weighted by atomic mass is 35.5. The number of nitrogens with zero attached hydrogens (tertiary/aromatic N) is 1. The van der Waals surface area contributed by atoms with Crippen molar-refractivity contribution >= 4 is 17.9 Å². The van der Waals surface area contributed by atoms with Crippen LogP contribution in [0.2, 0.25) is 5.02 Å². The molecule has 0 aliphatic carbocycles. The number of benzene rings is 1. The van der Waals surface area contributed by atoms with Crippen molar-refractivity contribution in [1.29, 1.82) is 0 Å². The fourth-order valence-electron chi connectivity index (χ4n) is 1.12. The third kappa shape index (κ3) is 1.67. The van der Waals surface area contributed by atoms with Crippen LogP contribution >= 0.6 is 11.6 Å². The molecule has 4 heteroatoms. The Labute approximate surface area is 85.3 Å². The van der Waals surface area contributed by atoms with Crippen LogP contribution in [0, 0.1) is 0 Å². The minimum Gasteiger partial charge on any atom is -0.434 e. The van der Waals surface area contributed by atoms with Crippen LogP contribution in [-0.4, -0.2) is 11.3 Å². The van der Waals surface area contributed by atoms with Crippen LogP contribution in [-0.2, 0) is 0 Å². The third-order valence-electron chi connectivity index (χ3n) is 1.73. The fraction of sp³-hybridized carbons (Fsp3) is 0. The topological polar surface area (TPSA) is 43.1 Å². The molecule has 70 valence electrons. The predicted octanol–water partition coefficient (Wildman–Crippen LogP) is 2.81. The minimum absolute atomic E-state index is 0.0694. The van der Waals surface area contributed by atoms with Gasteiger partial charge in [-0.05, 0) is 12.1 Å². The first-order valence-electron chi connectivity index (χ1n) is 3.96. The zero-order chi connectivity index (χ0) is 9.97. The number of carbonyl (C=O) groups is 1. The lowest BCUT2D eigenvalue weighted by Crippen LogP contribution is -1.74. The quantitative estimate of drug-likeness (QED) is 0.712. The number of rotatable bonds is 2. The molecular formula is C10H6ClNO2. The van der Waals surface area contributed by atoms with Gasteiger partial charge >= 0.3 is 0 Å². The zero-order valence-corrected chi connectivity index (χ0v) is 7.86. The van der Waals surface area contributed by atoms with Gasteiger partial charge in [-0.3, -0.25) is 4.79 Å². The van der Waals surface area contributed by atoms with E-state index in [1.165, 1.54) is 6.20 Å². The Balaban J connectivity index is 2.43. The second-order valence-corrected chi connectivity index (χ2v) is 3.13. The van der Waals surface area contributed by atoms with Crippen molar-refractivity contribution in [2.24, 2.45) is 0 Å². The normalized spacial score (nSPS) is 10.1. The molecule has 3 nitrogen and oxygen atoms in total. The summed E-state index contributed by atoms with van der Waals surface area (Å²) in [4.78, 5) is 14.1. The maximum absolute atomic E-state index is 10.3. The molecule has 0 unspecified atom stereocenters. The molecule has 0 atom stereocenters. The first-order valence-corrected chi connectivity index (χ1v) is 4.34. The molecule has 0 N–H and O–H groups in total. The van der Waals surface area contributed by atoms with Crippen molar-refractivity contribution in [3.05, 3.63) is 41.4 Å². The number of hydrogen-bond donors (Lipinski definition) is 0. The number of aldehydes is 1. The van der Waals surface area contributed by atoms with E-state index in [0.29, 0.717) is 17.1 Å². The highest BCUT2D eigenvalue weighted by molar-refractivity contribution is 6.30. The van der Waals surface area contributed by atoms with Crippen molar-refractivity contribution in [3.63, 3.8) is 0 Å². The lowest BCUT2D eigenvalue weighted by molar-refractivity contribution is 0.109. The summed E-state index contributed by atoms with van der Waals surface area (Å²) in [5, 5.41) is 0.617. The number of oxazole rings is 1. The Bertz CT molecular complexity index is 465. The molecule has 1 aromatic heterocycles.